The van der Waals surface area contributed by atoms with Crippen molar-refractivity contribution in [1.82, 2.24) is 5.32 Å². The maximum absolute atomic E-state index is 11.8. The van der Waals surface area contributed by atoms with Crippen molar-refractivity contribution in [2.45, 2.75) is 13.8 Å². The van der Waals surface area contributed by atoms with Gasteiger partial charge in [-0.05, 0) is 0 Å². The molecular weight excluding hydrogens is 193 g/mol. The van der Waals surface area contributed by atoms with Crippen LogP contribution in [0.4, 0.5) is 0 Å². The van der Waals surface area contributed by atoms with Crippen molar-refractivity contribution in [3.05, 3.63) is 0 Å². The van der Waals surface area contributed by atoms with Gasteiger partial charge in [-0.25, -0.2) is 0 Å². The third-order valence-electron chi connectivity index (χ3n) is 1.67. The lowest BCUT2D eigenvalue weighted by atomic mass is 10.7. The van der Waals surface area contributed by atoms with Crippen molar-refractivity contribution < 1.29 is 9.36 Å². The largest absolute Gasteiger partial charge is 0.358 e. The number of amides is 1. The van der Waals surface area contributed by atoms with Crippen molar-refractivity contribution in [2.24, 2.45) is 0 Å². The first-order chi connectivity index (χ1) is 5.58. The highest BCUT2D eigenvalue weighted by Crippen LogP contribution is 2.57. The Labute approximate surface area is 77.8 Å². The smallest absolute Gasteiger partial charge is 0.230 e. The summed E-state index contributed by atoms with van der Waals surface area (Å²) in [5, 5.41) is 2.50. The molecule has 0 radical (unpaired) electrons. The molecule has 12 heavy (non-hydrogen) atoms. The molecule has 0 aliphatic heterocycles. The Balaban J connectivity index is 3.89. The number of hydrogen-bond donors (Lipinski definition) is 1. The first-order valence-electron chi connectivity index (χ1n) is 4.01. The van der Waals surface area contributed by atoms with E-state index in [1.165, 1.54) is 11.4 Å². The lowest BCUT2D eigenvalue weighted by Crippen LogP contribution is -2.19. The molecule has 0 fully saturated rings. The molecule has 0 aliphatic carbocycles. The van der Waals surface area contributed by atoms with Gasteiger partial charge in [0.05, 0.1) is 5.75 Å². The molecule has 0 saturated heterocycles. The normalized spacial score (nSPS) is 11.2. The predicted molar refractivity (Wildman–Crippen MR) is 55.2 cm³/mol. The predicted octanol–water partition coefficient (Wildman–Crippen LogP) is 1.78. The van der Waals surface area contributed by atoms with Crippen molar-refractivity contribution in [1.29, 1.82) is 0 Å². The molecule has 0 heterocycles. The third-order valence-corrected chi connectivity index (χ3v) is 7.81. The zero-order valence-electron chi connectivity index (χ0n) is 7.79. The van der Waals surface area contributed by atoms with Gasteiger partial charge < -0.3 is 9.88 Å². The molecule has 0 unspecified atom stereocenters. The molecule has 0 spiro atoms. The fraction of sp³-hybridized carbons (Fsp3) is 0.857. The van der Waals surface area contributed by atoms with E-state index in [0.29, 0.717) is 18.1 Å². The van der Waals surface area contributed by atoms with Gasteiger partial charge in [0.1, 0.15) is 6.34 Å². The zero-order chi connectivity index (χ0) is 9.61. The Kier molecular flexibility index (Phi) is 5.68. The lowest BCUT2D eigenvalue weighted by Gasteiger charge is -2.11. The SMILES string of the molecule is CCP(=O)(CC)SCC(=O)NC. The number of hydrogen-bond acceptors (Lipinski definition) is 3. The van der Waals surface area contributed by atoms with Crippen LogP contribution < -0.4 is 5.32 Å². The van der Waals surface area contributed by atoms with Crippen LogP contribution in [-0.4, -0.2) is 31.0 Å². The molecule has 5 heteroatoms. The van der Waals surface area contributed by atoms with E-state index in [4.69, 9.17) is 0 Å². The van der Waals surface area contributed by atoms with E-state index >= 15 is 0 Å². The van der Waals surface area contributed by atoms with Crippen LogP contribution in [-0.2, 0) is 9.36 Å². The fourth-order valence-corrected chi connectivity index (χ4v) is 4.12. The number of carbonyl (C=O) groups is 1. The topological polar surface area (TPSA) is 46.2 Å². The molecule has 72 valence electrons. The maximum atomic E-state index is 11.8. The van der Waals surface area contributed by atoms with Gasteiger partial charge in [0.15, 0.2) is 0 Å². The molecule has 1 N–H and O–H groups in total. The quantitative estimate of drug-likeness (QED) is 0.702. The van der Waals surface area contributed by atoms with E-state index in [1.807, 2.05) is 13.8 Å². The summed E-state index contributed by atoms with van der Waals surface area (Å²) in [4.78, 5) is 10.8. The van der Waals surface area contributed by atoms with E-state index in [2.05, 4.69) is 5.32 Å². The van der Waals surface area contributed by atoms with E-state index in [9.17, 15) is 9.36 Å². The molecule has 0 aromatic carbocycles. The van der Waals surface area contributed by atoms with Gasteiger partial charge in [-0.15, -0.1) is 0 Å². The van der Waals surface area contributed by atoms with Crippen LogP contribution in [0.25, 0.3) is 0 Å². The fourth-order valence-electron chi connectivity index (χ4n) is 0.655. The van der Waals surface area contributed by atoms with Crippen molar-refractivity contribution >= 4 is 23.6 Å². The van der Waals surface area contributed by atoms with Gasteiger partial charge in [-0.2, -0.15) is 0 Å². The Hall–Kier alpha value is 0.0500. The van der Waals surface area contributed by atoms with Crippen LogP contribution in [0.1, 0.15) is 13.8 Å². The minimum absolute atomic E-state index is 0.0536. The highest BCUT2D eigenvalue weighted by atomic mass is 32.7. The molecule has 3 nitrogen and oxygen atoms in total. The summed E-state index contributed by atoms with van der Waals surface area (Å²) in [5.74, 6) is 0.261. The van der Waals surface area contributed by atoms with Crippen LogP contribution in [0.3, 0.4) is 0 Å². The Morgan fingerprint density at radius 1 is 1.42 bits per heavy atom. The molecular formula is C7H16NO2PS. The van der Waals surface area contributed by atoms with Gasteiger partial charge in [0, 0.05) is 19.4 Å². The average molecular weight is 209 g/mol. The summed E-state index contributed by atoms with van der Waals surface area (Å²) in [6.45, 7) is 3.81. The van der Waals surface area contributed by atoms with Gasteiger partial charge in [-0.1, -0.05) is 25.2 Å². The molecule has 0 aliphatic rings. The van der Waals surface area contributed by atoms with E-state index < -0.39 is 6.34 Å². The molecule has 1 amide bonds. The van der Waals surface area contributed by atoms with Gasteiger partial charge in [0.25, 0.3) is 0 Å². The minimum Gasteiger partial charge on any atom is -0.358 e. The minimum atomic E-state index is -2.09. The van der Waals surface area contributed by atoms with Gasteiger partial charge >= 0.3 is 0 Å². The van der Waals surface area contributed by atoms with E-state index in [0.717, 1.165) is 0 Å². The molecule has 0 bridgehead atoms. The monoisotopic (exact) mass is 209 g/mol. The van der Waals surface area contributed by atoms with Crippen molar-refractivity contribution in [2.75, 3.05) is 25.1 Å². The first-order valence-corrected chi connectivity index (χ1v) is 7.68. The summed E-state index contributed by atoms with van der Waals surface area (Å²) < 4.78 is 11.8. The Bertz CT molecular complexity index is 188. The van der Waals surface area contributed by atoms with E-state index in [1.54, 1.807) is 7.05 Å². The number of carbonyl (C=O) groups excluding carboxylic acids is 1. The van der Waals surface area contributed by atoms with Crippen LogP contribution >= 0.6 is 17.7 Å². The molecule has 0 saturated carbocycles. The number of rotatable bonds is 5. The zero-order valence-corrected chi connectivity index (χ0v) is 9.50. The third kappa shape index (κ3) is 4.17. The Morgan fingerprint density at radius 3 is 2.25 bits per heavy atom. The van der Waals surface area contributed by atoms with Crippen LogP contribution in [0.15, 0.2) is 0 Å². The van der Waals surface area contributed by atoms with E-state index in [-0.39, 0.29) is 5.91 Å². The van der Waals surface area contributed by atoms with Crippen LogP contribution in [0.5, 0.6) is 0 Å². The van der Waals surface area contributed by atoms with Crippen molar-refractivity contribution in [3.8, 4) is 0 Å². The highest BCUT2D eigenvalue weighted by molar-refractivity contribution is 8.58. The molecule has 0 aromatic heterocycles. The van der Waals surface area contributed by atoms with Crippen LogP contribution in [0, 0.1) is 0 Å². The summed E-state index contributed by atoms with van der Waals surface area (Å²) >= 11 is 1.30. The first kappa shape index (κ1) is 12.0. The summed E-state index contributed by atoms with van der Waals surface area (Å²) in [5.41, 5.74) is 0. The second-order valence-corrected chi connectivity index (χ2v) is 8.61. The maximum Gasteiger partial charge on any atom is 0.230 e. The highest BCUT2D eigenvalue weighted by Gasteiger charge is 2.18. The number of nitrogens with one attached hydrogen (secondary N) is 1. The molecule has 0 rings (SSSR count). The van der Waals surface area contributed by atoms with Gasteiger partial charge in [0.2, 0.25) is 5.91 Å². The summed E-state index contributed by atoms with van der Waals surface area (Å²) in [7, 11) is 1.59. The van der Waals surface area contributed by atoms with Crippen molar-refractivity contribution in [3.63, 3.8) is 0 Å². The van der Waals surface area contributed by atoms with Crippen LogP contribution in [0.2, 0.25) is 0 Å². The lowest BCUT2D eigenvalue weighted by molar-refractivity contribution is -0.118. The summed E-state index contributed by atoms with van der Waals surface area (Å²) in [6.07, 6.45) is -0.749. The Morgan fingerprint density at radius 2 is 1.92 bits per heavy atom. The summed E-state index contributed by atoms with van der Waals surface area (Å²) in [6, 6.07) is 0. The molecule has 0 atom stereocenters. The van der Waals surface area contributed by atoms with Gasteiger partial charge in [-0.3, -0.25) is 4.79 Å². The second-order valence-electron chi connectivity index (χ2n) is 2.39. The second kappa shape index (κ2) is 5.65. The average Bonchev–Trinajstić information content (AvgIpc) is 2.13. The molecule has 0 aromatic rings. The standard InChI is InChI=1S/C7H16NO2PS/c1-4-11(10,5-2)12-6-7(9)8-3/h4-6H2,1-3H3,(H,8,9).